The minimum atomic E-state index is -2.68. The van der Waals surface area contributed by atoms with Gasteiger partial charge in [0.1, 0.15) is 0 Å². The summed E-state index contributed by atoms with van der Waals surface area (Å²) in [5.74, 6) is 0. The third kappa shape index (κ3) is 7.11. The Morgan fingerprint density at radius 2 is 0.800 bits per heavy atom. The summed E-state index contributed by atoms with van der Waals surface area (Å²) in [7, 11) is -2.23. The van der Waals surface area contributed by atoms with Crippen molar-refractivity contribution in [2.45, 2.75) is 66.2 Å². The SMILES string of the molecule is CCCN1CCCN(CCC)P1(=O)OC.CCCN1CCCN(CCC)P1(=O)OC. The summed E-state index contributed by atoms with van der Waals surface area (Å²) in [6, 6.07) is 0. The van der Waals surface area contributed by atoms with Crippen molar-refractivity contribution in [2.75, 3.05) is 66.6 Å². The maximum absolute atomic E-state index is 12.7. The van der Waals surface area contributed by atoms with E-state index in [0.29, 0.717) is 0 Å². The van der Waals surface area contributed by atoms with Crippen LogP contribution in [0.5, 0.6) is 0 Å². The molecule has 10 heteroatoms. The molecular weight excluding hydrogens is 422 g/mol. The van der Waals surface area contributed by atoms with Gasteiger partial charge in [-0.1, -0.05) is 27.7 Å². The normalized spacial score (nSPS) is 23.1. The maximum atomic E-state index is 12.7. The largest absolute Gasteiger partial charge is 0.345 e. The minimum absolute atomic E-state index is 0.866. The van der Waals surface area contributed by atoms with Crippen molar-refractivity contribution >= 4 is 15.3 Å². The fraction of sp³-hybridized carbons (Fsp3) is 1.00. The van der Waals surface area contributed by atoms with Crippen molar-refractivity contribution in [3.05, 3.63) is 0 Å². The topological polar surface area (TPSA) is 65.6 Å². The molecule has 0 amide bonds. The van der Waals surface area contributed by atoms with Crippen molar-refractivity contribution < 1.29 is 18.2 Å². The average Bonchev–Trinajstić information content (AvgIpc) is 2.75. The number of rotatable bonds is 10. The van der Waals surface area contributed by atoms with Crippen LogP contribution in [-0.2, 0) is 18.2 Å². The molecule has 2 fully saturated rings. The van der Waals surface area contributed by atoms with E-state index in [-0.39, 0.29) is 0 Å². The first kappa shape index (κ1) is 28.3. The number of hydrogen-bond donors (Lipinski definition) is 0. The lowest BCUT2D eigenvalue weighted by atomic mass is 10.3. The van der Waals surface area contributed by atoms with Gasteiger partial charge in [-0.05, 0) is 38.5 Å². The third-order valence-electron chi connectivity index (χ3n) is 5.50. The van der Waals surface area contributed by atoms with E-state index in [1.807, 2.05) is 18.7 Å². The van der Waals surface area contributed by atoms with Gasteiger partial charge in [-0.2, -0.15) is 0 Å². The van der Waals surface area contributed by atoms with E-state index in [1.165, 1.54) is 0 Å². The van der Waals surface area contributed by atoms with Crippen LogP contribution in [0.15, 0.2) is 0 Å². The van der Waals surface area contributed by atoms with Crippen LogP contribution >= 0.6 is 15.3 Å². The predicted molar refractivity (Wildman–Crippen MR) is 126 cm³/mol. The lowest BCUT2D eigenvalue weighted by Crippen LogP contribution is -2.40. The Morgan fingerprint density at radius 1 is 0.567 bits per heavy atom. The molecule has 2 rings (SSSR count). The van der Waals surface area contributed by atoms with Crippen molar-refractivity contribution in [2.24, 2.45) is 0 Å². The second-order valence-corrected chi connectivity index (χ2v) is 12.8. The quantitative estimate of drug-likeness (QED) is 0.409. The van der Waals surface area contributed by atoms with E-state index in [2.05, 4.69) is 27.7 Å². The molecule has 0 aliphatic carbocycles. The van der Waals surface area contributed by atoms with Crippen LogP contribution in [0, 0.1) is 0 Å². The molecule has 0 saturated carbocycles. The molecule has 0 radical (unpaired) electrons. The fourth-order valence-corrected chi connectivity index (χ4v) is 9.21. The second-order valence-electron chi connectivity index (χ2n) is 7.87. The van der Waals surface area contributed by atoms with Gasteiger partial charge < -0.3 is 9.05 Å². The van der Waals surface area contributed by atoms with E-state index in [0.717, 1.165) is 90.9 Å². The Labute approximate surface area is 185 Å². The predicted octanol–water partition coefficient (Wildman–Crippen LogP) is 5.14. The second kappa shape index (κ2) is 14.4. The molecule has 0 aromatic rings. The molecule has 2 aliphatic rings. The zero-order valence-corrected chi connectivity index (χ0v) is 22.0. The van der Waals surface area contributed by atoms with E-state index < -0.39 is 15.3 Å². The van der Waals surface area contributed by atoms with Gasteiger partial charge in [0.05, 0.1) is 0 Å². The Balaban J connectivity index is 0.000000300. The summed E-state index contributed by atoms with van der Waals surface area (Å²) in [4.78, 5) is 0. The van der Waals surface area contributed by atoms with Crippen molar-refractivity contribution in [3.8, 4) is 0 Å². The standard InChI is InChI=1S/2C10H23N2O2P/c2*1-4-7-11-9-6-10-12(8-5-2)15(11,13)14-3/h2*4-10H2,1-3H3. The van der Waals surface area contributed by atoms with Gasteiger partial charge in [0.15, 0.2) is 0 Å². The number of hydrogen-bond acceptors (Lipinski definition) is 4. The van der Waals surface area contributed by atoms with Gasteiger partial charge in [0, 0.05) is 66.6 Å². The lowest BCUT2D eigenvalue weighted by molar-refractivity contribution is 0.202. The highest BCUT2D eigenvalue weighted by Gasteiger charge is 2.40. The van der Waals surface area contributed by atoms with E-state index in [9.17, 15) is 9.13 Å². The molecule has 0 atom stereocenters. The smallest absolute Gasteiger partial charge is 0.309 e. The Kier molecular flexibility index (Phi) is 13.5. The highest BCUT2D eigenvalue weighted by Crippen LogP contribution is 2.56. The molecule has 0 aromatic heterocycles. The molecule has 0 N–H and O–H groups in total. The van der Waals surface area contributed by atoms with Gasteiger partial charge in [-0.15, -0.1) is 0 Å². The van der Waals surface area contributed by atoms with Crippen LogP contribution in [0.25, 0.3) is 0 Å². The first-order chi connectivity index (χ1) is 14.4. The molecule has 2 saturated heterocycles. The van der Waals surface area contributed by atoms with Crippen LogP contribution in [0.2, 0.25) is 0 Å². The van der Waals surface area contributed by atoms with Crippen molar-refractivity contribution in [3.63, 3.8) is 0 Å². The van der Waals surface area contributed by atoms with Crippen LogP contribution in [0.4, 0.5) is 0 Å². The summed E-state index contributed by atoms with van der Waals surface area (Å²) in [5.41, 5.74) is 0. The summed E-state index contributed by atoms with van der Waals surface area (Å²) < 4.78 is 44.1. The minimum Gasteiger partial charge on any atom is -0.309 e. The van der Waals surface area contributed by atoms with Gasteiger partial charge in [-0.25, -0.2) is 18.7 Å². The molecule has 2 aliphatic heterocycles. The molecule has 0 spiro atoms. The van der Waals surface area contributed by atoms with Crippen LogP contribution < -0.4 is 0 Å². The summed E-state index contributed by atoms with van der Waals surface area (Å²) >= 11 is 0. The van der Waals surface area contributed by atoms with E-state index >= 15 is 0 Å². The first-order valence-corrected chi connectivity index (χ1v) is 14.8. The van der Waals surface area contributed by atoms with Gasteiger partial charge >= 0.3 is 15.3 Å². The first-order valence-electron chi connectivity index (χ1n) is 11.7. The van der Waals surface area contributed by atoms with Crippen molar-refractivity contribution in [1.29, 1.82) is 0 Å². The van der Waals surface area contributed by atoms with Gasteiger partial charge in [0.2, 0.25) is 0 Å². The highest BCUT2D eigenvalue weighted by molar-refractivity contribution is 7.54. The highest BCUT2D eigenvalue weighted by atomic mass is 31.2. The summed E-state index contributed by atoms with van der Waals surface area (Å²) in [6.07, 6.45) is 6.27. The third-order valence-corrected chi connectivity index (χ3v) is 10.9. The van der Waals surface area contributed by atoms with Crippen LogP contribution in [-0.4, -0.2) is 85.3 Å². The maximum Gasteiger partial charge on any atom is 0.345 e. The molecule has 0 unspecified atom stereocenters. The molecule has 0 aromatic carbocycles. The summed E-state index contributed by atoms with van der Waals surface area (Å²) in [5, 5.41) is 0. The zero-order chi connectivity index (χ0) is 22.6. The van der Waals surface area contributed by atoms with E-state index in [1.54, 1.807) is 14.2 Å². The van der Waals surface area contributed by atoms with Crippen LogP contribution in [0.1, 0.15) is 66.2 Å². The molecule has 180 valence electrons. The average molecular weight is 469 g/mol. The molecule has 8 nitrogen and oxygen atoms in total. The van der Waals surface area contributed by atoms with Gasteiger partial charge in [0.25, 0.3) is 0 Å². The molecule has 0 bridgehead atoms. The van der Waals surface area contributed by atoms with Gasteiger partial charge in [-0.3, -0.25) is 9.13 Å². The Hall–Kier alpha value is 0.220. The molecular formula is C20H46N4O4P2. The lowest BCUT2D eigenvalue weighted by Gasteiger charge is -2.41. The Morgan fingerprint density at radius 3 is 0.967 bits per heavy atom. The molecule has 30 heavy (non-hydrogen) atoms. The monoisotopic (exact) mass is 468 g/mol. The Bertz CT molecular complexity index is 475. The summed E-state index contributed by atoms with van der Waals surface area (Å²) in [6.45, 7) is 15.5. The number of nitrogens with zero attached hydrogens (tertiary/aromatic N) is 4. The van der Waals surface area contributed by atoms with E-state index in [4.69, 9.17) is 9.05 Å². The fourth-order valence-electron chi connectivity index (χ4n) is 4.18. The van der Waals surface area contributed by atoms with Crippen LogP contribution in [0.3, 0.4) is 0 Å². The zero-order valence-electron chi connectivity index (χ0n) is 20.2. The molecule has 2 heterocycles. The van der Waals surface area contributed by atoms with Crippen molar-refractivity contribution in [1.82, 2.24) is 18.7 Å².